The van der Waals surface area contributed by atoms with Crippen LogP contribution in [0.5, 0.6) is 0 Å². The Bertz CT molecular complexity index is 793. The van der Waals surface area contributed by atoms with Crippen molar-refractivity contribution in [2.75, 3.05) is 37.7 Å². The van der Waals surface area contributed by atoms with Crippen LogP contribution in [0.25, 0.3) is 0 Å². The SMILES string of the molecule is CCn1c(N2CCOCC2)nn(CN2CCc3ccccc3C2)c1=S. The lowest BCUT2D eigenvalue weighted by Gasteiger charge is -2.28. The molecule has 2 aromatic rings. The lowest BCUT2D eigenvalue weighted by Crippen LogP contribution is -2.38. The third-order valence-electron chi connectivity index (χ3n) is 5.06. The zero-order valence-corrected chi connectivity index (χ0v) is 15.5. The van der Waals surface area contributed by atoms with Crippen molar-refractivity contribution in [2.24, 2.45) is 0 Å². The number of hydrogen-bond donors (Lipinski definition) is 0. The molecular formula is C18H25N5OS. The van der Waals surface area contributed by atoms with Gasteiger partial charge in [-0.25, -0.2) is 4.68 Å². The quantitative estimate of drug-likeness (QED) is 0.783. The van der Waals surface area contributed by atoms with Gasteiger partial charge < -0.3 is 9.64 Å². The van der Waals surface area contributed by atoms with E-state index in [1.54, 1.807) is 0 Å². The minimum Gasteiger partial charge on any atom is -0.378 e. The van der Waals surface area contributed by atoms with Gasteiger partial charge in [-0.2, -0.15) is 0 Å². The first-order chi connectivity index (χ1) is 12.3. The summed E-state index contributed by atoms with van der Waals surface area (Å²) in [5.41, 5.74) is 2.89. The fourth-order valence-electron chi connectivity index (χ4n) is 3.66. The van der Waals surface area contributed by atoms with E-state index in [9.17, 15) is 0 Å². The average Bonchev–Trinajstić information content (AvgIpc) is 2.98. The summed E-state index contributed by atoms with van der Waals surface area (Å²) in [6, 6.07) is 8.71. The van der Waals surface area contributed by atoms with Crippen LogP contribution in [0.3, 0.4) is 0 Å². The van der Waals surface area contributed by atoms with Gasteiger partial charge in [0.05, 0.1) is 19.9 Å². The highest BCUT2D eigenvalue weighted by molar-refractivity contribution is 7.71. The van der Waals surface area contributed by atoms with Crippen molar-refractivity contribution in [2.45, 2.75) is 33.1 Å². The monoisotopic (exact) mass is 359 g/mol. The molecule has 6 nitrogen and oxygen atoms in total. The summed E-state index contributed by atoms with van der Waals surface area (Å²) < 4.78 is 10.4. The molecule has 7 heteroatoms. The summed E-state index contributed by atoms with van der Waals surface area (Å²) in [6.07, 6.45) is 1.09. The van der Waals surface area contributed by atoms with Crippen molar-refractivity contribution in [1.29, 1.82) is 0 Å². The van der Waals surface area contributed by atoms with Gasteiger partial charge in [-0.3, -0.25) is 9.47 Å². The van der Waals surface area contributed by atoms with Gasteiger partial charge in [-0.1, -0.05) is 24.3 Å². The minimum atomic E-state index is 0.748. The predicted molar refractivity (Wildman–Crippen MR) is 100 cm³/mol. The molecule has 2 aliphatic heterocycles. The number of nitrogens with zero attached hydrogens (tertiary/aromatic N) is 5. The first-order valence-electron chi connectivity index (χ1n) is 9.05. The molecule has 0 spiro atoms. The van der Waals surface area contributed by atoms with Crippen LogP contribution < -0.4 is 4.90 Å². The molecule has 1 aromatic carbocycles. The Labute approximate surface area is 153 Å². The van der Waals surface area contributed by atoms with Gasteiger partial charge in [0.15, 0.2) is 0 Å². The number of ether oxygens (including phenoxy) is 1. The molecule has 1 fully saturated rings. The Kier molecular flexibility index (Phi) is 4.87. The molecule has 2 aliphatic rings. The highest BCUT2D eigenvalue weighted by atomic mass is 32.1. The van der Waals surface area contributed by atoms with Crippen LogP contribution in [-0.2, 0) is 30.9 Å². The van der Waals surface area contributed by atoms with Crippen molar-refractivity contribution in [1.82, 2.24) is 19.2 Å². The third-order valence-corrected chi connectivity index (χ3v) is 5.49. The number of hydrogen-bond acceptors (Lipinski definition) is 5. The number of rotatable bonds is 4. The number of anilines is 1. The normalized spacial score (nSPS) is 18.4. The van der Waals surface area contributed by atoms with Crippen LogP contribution in [0.4, 0.5) is 5.95 Å². The number of fused-ring (bicyclic) bond motifs is 1. The fourth-order valence-corrected chi connectivity index (χ4v) is 3.97. The molecule has 0 atom stereocenters. The highest BCUT2D eigenvalue weighted by Gasteiger charge is 2.21. The molecular weight excluding hydrogens is 334 g/mol. The largest absolute Gasteiger partial charge is 0.378 e. The van der Waals surface area contributed by atoms with E-state index in [0.29, 0.717) is 0 Å². The molecule has 0 radical (unpaired) electrons. The molecule has 1 aromatic heterocycles. The minimum absolute atomic E-state index is 0.748. The smallest absolute Gasteiger partial charge is 0.226 e. The maximum atomic E-state index is 5.71. The standard InChI is InChI=1S/C18H25N5OS/c1-2-22-17(21-9-11-24-12-10-21)19-23(18(22)25)14-20-8-7-15-5-3-4-6-16(15)13-20/h3-6H,2,7-14H2,1H3. The molecule has 0 saturated carbocycles. The predicted octanol–water partition coefficient (Wildman–Crippen LogP) is 2.29. The molecule has 4 rings (SSSR count). The van der Waals surface area contributed by atoms with Crippen molar-refractivity contribution in [3.05, 3.63) is 40.2 Å². The maximum absolute atomic E-state index is 5.71. The van der Waals surface area contributed by atoms with Crippen LogP contribution >= 0.6 is 12.2 Å². The van der Waals surface area contributed by atoms with E-state index in [4.69, 9.17) is 22.1 Å². The molecule has 0 unspecified atom stereocenters. The second-order valence-electron chi connectivity index (χ2n) is 6.64. The van der Waals surface area contributed by atoms with Crippen molar-refractivity contribution in [3.63, 3.8) is 0 Å². The van der Waals surface area contributed by atoms with Crippen LogP contribution in [0, 0.1) is 4.77 Å². The Hall–Kier alpha value is -1.70. The van der Waals surface area contributed by atoms with Crippen LogP contribution in [0.1, 0.15) is 18.1 Å². The van der Waals surface area contributed by atoms with Crippen molar-refractivity contribution < 1.29 is 4.74 Å². The zero-order chi connectivity index (χ0) is 17.2. The van der Waals surface area contributed by atoms with Gasteiger partial charge in [0, 0.05) is 32.7 Å². The van der Waals surface area contributed by atoms with Crippen LogP contribution in [-0.4, -0.2) is 52.1 Å². The first kappa shape index (κ1) is 16.8. The molecule has 1 saturated heterocycles. The van der Waals surface area contributed by atoms with Crippen LogP contribution in [0.2, 0.25) is 0 Å². The van der Waals surface area contributed by atoms with E-state index in [-0.39, 0.29) is 0 Å². The van der Waals surface area contributed by atoms with E-state index in [2.05, 4.69) is 45.6 Å². The first-order valence-corrected chi connectivity index (χ1v) is 9.46. The second-order valence-corrected chi connectivity index (χ2v) is 7.00. The summed E-state index contributed by atoms with van der Waals surface area (Å²) in [6.45, 7) is 8.99. The summed E-state index contributed by atoms with van der Waals surface area (Å²) in [5, 5.41) is 4.86. The van der Waals surface area contributed by atoms with E-state index >= 15 is 0 Å². The molecule has 0 N–H and O–H groups in total. The van der Waals surface area contributed by atoms with E-state index in [1.807, 2.05) is 4.68 Å². The van der Waals surface area contributed by atoms with Gasteiger partial charge in [0.25, 0.3) is 0 Å². The van der Waals surface area contributed by atoms with Crippen molar-refractivity contribution >= 4 is 18.2 Å². The summed E-state index contributed by atoms with van der Waals surface area (Å²) >= 11 is 5.71. The van der Waals surface area contributed by atoms with Gasteiger partial charge >= 0.3 is 0 Å². The molecule has 0 bridgehead atoms. The Balaban J connectivity index is 1.55. The Morgan fingerprint density at radius 2 is 1.88 bits per heavy atom. The van der Waals surface area contributed by atoms with E-state index < -0.39 is 0 Å². The number of aromatic nitrogens is 3. The van der Waals surface area contributed by atoms with E-state index in [0.717, 1.165) is 69.7 Å². The van der Waals surface area contributed by atoms with Gasteiger partial charge in [0.2, 0.25) is 10.7 Å². The molecule has 3 heterocycles. The Morgan fingerprint density at radius 3 is 2.64 bits per heavy atom. The van der Waals surface area contributed by atoms with Crippen LogP contribution in [0.15, 0.2) is 24.3 Å². The number of benzene rings is 1. The Morgan fingerprint density at radius 1 is 1.12 bits per heavy atom. The average molecular weight is 359 g/mol. The summed E-state index contributed by atoms with van der Waals surface area (Å²) in [4.78, 5) is 4.71. The van der Waals surface area contributed by atoms with E-state index in [1.165, 1.54) is 11.1 Å². The highest BCUT2D eigenvalue weighted by Crippen LogP contribution is 2.20. The lowest BCUT2D eigenvalue weighted by atomic mass is 10.0. The topological polar surface area (TPSA) is 38.5 Å². The van der Waals surface area contributed by atoms with Crippen molar-refractivity contribution in [3.8, 4) is 0 Å². The van der Waals surface area contributed by atoms with Gasteiger partial charge in [-0.15, -0.1) is 5.10 Å². The third kappa shape index (κ3) is 3.36. The summed E-state index contributed by atoms with van der Waals surface area (Å²) in [5.74, 6) is 0.980. The molecule has 0 amide bonds. The maximum Gasteiger partial charge on any atom is 0.226 e. The molecule has 134 valence electrons. The molecule has 25 heavy (non-hydrogen) atoms. The van der Waals surface area contributed by atoms with Gasteiger partial charge in [-0.05, 0) is 36.7 Å². The lowest BCUT2D eigenvalue weighted by molar-refractivity contribution is 0.121. The fraction of sp³-hybridized carbons (Fsp3) is 0.556. The second kappa shape index (κ2) is 7.27. The molecule has 0 aliphatic carbocycles. The number of morpholine rings is 1. The van der Waals surface area contributed by atoms with Gasteiger partial charge in [0.1, 0.15) is 0 Å². The summed E-state index contributed by atoms with van der Waals surface area (Å²) in [7, 11) is 0. The zero-order valence-electron chi connectivity index (χ0n) is 14.7.